The van der Waals surface area contributed by atoms with Gasteiger partial charge in [-0.25, -0.2) is 0 Å². The van der Waals surface area contributed by atoms with Crippen LogP contribution in [0.15, 0.2) is 4.52 Å². The van der Waals surface area contributed by atoms with Gasteiger partial charge >= 0.3 is 0 Å². The number of nitrogens with one attached hydrogen (secondary N) is 1. The quantitative estimate of drug-likeness (QED) is 0.868. The average molecular weight is 252 g/mol. The highest BCUT2D eigenvalue weighted by atomic mass is 16.5. The number of hydrogen-bond donors (Lipinski definition) is 1. The summed E-state index contributed by atoms with van der Waals surface area (Å²) in [4.78, 5) is 6.62. The highest BCUT2D eigenvalue weighted by molar-refractivity contribution is 5.27. The average Bonchev–Trinajstić information content (AvgIpc) is 2.89. The predicted molar refractivity (Wildman–Crippen MR) is 71.9 cm³/mol. The maximum atomic E-state index is 5.55. The number of aromatic nitrogens is 2. The minimum absolute atomic E-state index is 0.0971. The van der Waals surface area contributed by atoms with Crippen molar-refractivity contribution in [3.63, 3.8) is 0 Å². The van der Waals surface area contributed by atoms with Gasteiger partial charge in [0.15, 0.2) is 0 Å². The zero-order valence-electron chi connectivity index (χ0n) is 11.7. The lowest BCUT2D eigenvalue weighted by atomic mass is 9.75. The molecule has 1 N–H and O–H groups in total. The summed E-state index contributed by atoms with van der Waals surface area (Å²) in [6.07, 6.45) is 4.48. The van der Waals surface area contributed by atoms with E-state index < -0.39 is 0 Å². The zero-order chi connectivity index (χ0) is 13.0. The van der Waals surface area contributed by atoms with Crippen LogP contribution in [-0.2, 0) is 5.41 Å². The maximum Gasteiger partial charge on any atom is 0.265 e. The molecule has 0 aromatic carbocycles. The molecular formula is C13H24N4O. The number of nitrogens with zero attached hydrogens (tertiary/aromatic N) is 3. The van der Waals surface area contributed by atoms with Crippen molar-refractivity contribution >= 4 is 5.95 Å². The molecule has 1 saturated heterocycles. The van der Waals surface area contributed by atoms with Crippen LogP contribution in [0.25, 0.3) is 0 Å². The Kier molecular flexibility index (Phi) is 4.22. The summed E-state index contributed by atoms with van der Waals surface area (Å²) in [7, 11) is 1.99. The highest BCUT2D eigenvalue weighted by Gasteiger charge is 2.38. The Morgan fingerprint density at radius 2 is 2.06 bits per heavy atom. The molecule has 2 rings (SSSR count). The van der Waals surface area contributed by atoms with Crippen molar-refractivity contribution in [1.82, 2.24) is 15.5 Å². The van der Waals surface area contributed by atoms with Gasteiger partial charge in [0.2, 0.25) is 5.89 Å². The van der Waals surface area contributed by atoms with Crippen LogP contribution in [0.5, 0.6) is 0 Å². The third-order valence-electron chi connectivity index (χ3n) is 3.97. The SMILES string of the molecule is CCCC1(c2nc(N(C)CC)no2)CCNCC1. The monoisotopic (exact) mass is 252 g/mol. The molecule has 1 aromatic rings. The molecule has 0 atom stereocenters. The molecule has 1 aliphatic heterocycles. The van der Waals surface area contributed by atoms with E-state index in [0.717, 1.165) is 51.2 Å². The lowest BCUT2D eigenvalue weighted by Gasteiger charge is -2.34. The van der Waals surface area contributed by atoms with Gasteiger partial charge < -0.3 is 14.7 Å². The first kappa shape index (κ1) is 13.3. The van der Waals surface area contributed by atoms with Crippen molar-refractivity contribution in [2.75, 3.05) is 31.6 Å². The Hall–Kier alpha value is -1.10. The summed E-state index contributed by atoms with van der Waals surface area (Å²) >= 11 is 0. The van der Waals surface area contributed by atoms with Crippen LogP contribution >= 0.6 is 0 Å². The van der Waals surface area contributed by atoms with Gasteiger partial charge in [-0.2, -0.15) is 4.98 Å². The summed E-state index contributed by atoms with van der Waals surface area (Å²) < 4.78 is 5.55. The van der Waals surface area contributed by atoms with Gasteiger partial charge in [-0.15, -0.1) is 0 Å². The fourth-order valence-corrected chi connectivity index (χ4v) is 2.68. The van der Waals surface area contributed by atoms with E-state index in [1.807, 2.05) is 11.9 Å². The van der Waals surface area contributed by atoms with Crippen LogP contribution in [0, 0.1) is 0 Å². The highest BCUT2D eigenvalue weighted by Crippen LogP contribution is 2.37. The van der Waals surface area contributed by atoms with Crippen molar-refractivity contribution in [2.45, 2.75) is 44.9 Å². The topological polar surface area (TPSA) is 54.2 Å². The first-order valence-electron chi connectivity index (χ1n) is 6.98. The van der Waals surface area contributed by atoms with Crippen molar-refractivity contribution in [1.29, 1.82) is 0 Å². The summed E-state index contributed by atoms with van der Waals surface area (Å²) in [5.74, 6) is 1.54. The van der Waals surface area contributed by atoms with Crippen molar-refractivity contribution in [3.8, 4) is 0 Å². The van der Waals surface area contributed by atoms with Gasteiger partial charge in [-0.3, -0.25) is 0 Å². The second kappa shape index (κ2) is 5.69. The molecule has 18 heavy (non-hydrogen) atoms. The first-order valence-corrected chi connectivity index (χ1v) is 6.98. The molecule has 1 fully saturated rings. The Morgan fingerprint density at radius 1 is 1.33 bits per heavy atom. The van der Waals surface area contributed by atoms with Crippen LogP contribution in [-0.4, -0.2) is 36.8 Å². The van der Waals surface area contributed by atoms with Gasteiger partial charge in [0, 0.05) is 13.6 Å². The van der Waals surface area contributed by atoms with Crippen LogP contribution < -0.4 is 10.2 Å². The van der Waals surface area contributed by atoms with Crippen molar-refractivity contribution in [3.05, 3.63) is 5.89 Å². The molecule has 0 aliphatic carbocycles. The van der Waals surface area contributed by atoms with Gasteiger partial charge in [-0.05, 0) is 44.4 Å². The molecule has 0 radical (unpaired) electrons. The van der Waals surface area contributed by atoms with Crippen LogP contribution in [0.1, 0.15) is 45.4 Å². The van der Waals surface area contributed by atoms with E-state index in [1.54, 1.807) is 0 Å². The van der Waals surface area contributed by atoms with Gasteiger partial charge in [0.05, 0.1) is 5.41 Å². The molecular weight excluding hydrogens is 228 g/mol. The van der Waals surface area contributed by atoms with Crippen molar-refractivity contribution in [2.24, 2.45) is 0 Å². The summed E-state index contributed by atoms with van der Waals surface area (Å²) in [5, 5.41) is 7.52. The fraction of sp³-hybridized carbons (Fsp3) is 0.846. The summed E-state index contributed by atoms with van der Waals surface area (Å²) in [6, 6.07) is 0. The molecule has 1 aromatic heterocycles. The molecule has 0 unspecified atom stereocenters. The second-order valence-corrected chi connectivity index (χ2v) is 5.19. The number of anilines is 1. The number of hydrogen-bond acceptors (Lipinski definition) is 5. The summed E-state index contributed by atoms with van der Waals surface area (Å²) in [6.45, 7) is 7.28. The predicted octanol–water partition coefficient (Wildman–Crippen LogP) is 1.95. The minimum Gasteiger partial charge on any atom is -0.342 e. The molecule has 0 spiro atoms. The maximum absolute atomic E-state index is 5.55. The Morgan fingerprint density at radius 3 is 2.67 bits per heavy atom. The van der Waals surface area contributed by atoms with Crippen LogP contribution in [0.3, 0.4) is 0 Å². The van der Waals surface area contributed by atoms with Gasteiger partial charge in [0.1, 0.15) is 0 Å². The minimum atomic E-state index is 0.0971. The second-order valence-electron chi connectivity index (χ2n) is 5.19. The van der Waals surface area contributed by atoms with E-state index in [2.05, 4.69) is 29.3 Å². The zero-order valence-corrected chi connectivity index (χ0v) is 11.7. The molecule has 5 nitrogen and oxygen atoms in total. The van der Waals surface area contributed by atoms with E-state index in [-0.39, 0.29) is 5.41 Å². The van der Waals surface area contributed by atoms with E-state index in [0.29, 0.717) is 5.95 Å². The van der Waals surface area contributed by atoms with E-state index >= 15 is 0 Å². The molecule has 0 amide bonds. The summed E-state index contributed by atoms with van der Waals surface area (Å²) in [5.41, 5.74) is 0.0971. The normalized spacial score (nSPS) is 18.8. The van der Waals surface area contributed by atoms with Gasteiger partial charge in [0.25, 0.3) is 5.95 Å². The standard InChI is InChI=1S/C13H24N4O/c1-4-6-13(7-9-14-10-8-13)11-15-12(16-18-11)17(3)5-2/h14H,4-10H2,1-3H3. The Balaban J connectivity index is 2.22. The smallest absolute Gasteiger partial charge is 0.265 e. The fourth-order valence-electron chi connectivity index (χ4n) is 2.68. The molecule has 102 valence electrons. The molecule has 0 bridgehead atoms. The third-order valence-corrected chi connectivity index (χ3v) is 3.97. The lowest BCUT2D eigenvalue weighted by Crippen LogP contribution is -2.40. The van der Waals surface area contributed by atoms with Crippen LogP contribution in [0.4, 0.5) is 5.95 Å². The molecule has 5 heteroatoms. The molecule has 0 saturated carbocycles. The van der Waals surface area contributed by atoms with E-state index in [1.165, 1.54) is 0 Å². The van der Waals surface area contributed by atoms with Gasteiger partial charge in [-0.1, -0.05) is 13.3 Å². The first-order chi connectivity index (χ1) is 8.72. The third kappa shape index (κ3) is 2.51. The lowest BCUT2D eigenvalue weighted by molar-refractivity contribution is 0.208. The Bertz CT molecular complexity index is 365. The molecule has 2 heterocycles. The number of rotatable bonds is 5. The molecule has 1 aliphatic rings. The van der Waals surface area contributed by atoms with Crippen molar-refractivity contribution < 1.29 is 4.52 Å². The van der Waals surface area contributed by atoms with E-state index in [9.17, 15) is 0 Å². The van der Waals surface area contributed by atoms with Crippen LogP contribution in [0.2, 0.25) is 0 Å². The Labute approximate surface area is 109 Å². The largest absolute Gasteiger partial charge is 0.342 e. The van der Waals surface area contributed by atoms with E-state index in [4.69, 9.17) is 4.52 Å². The number of piperidine rings is 1.